The topological polar surface area (TPSA) is 190 Å². The number of nitrogens with zero attached hydrogens (tertiary/aromatic N) is 10. The molecule has 0 atom stereocenters. The van der Waals surface area contributed by atoms with Crippen molar-refractivity contribution in [2.75, 3.05) is 7.11 Å². The van der Waals surface area contributed by atoms with Gasteiger partial charge in [0, 0.05) is 14.1 Å². The minimum atomic E-state index is -6.15. The molecule has 0 aromatic carbocycles. The number of aromatic carboxylic acids is 1. The number of rotatable bonds is 10. The number of hydrogen-bond donors (Lipinski definition) is 2. The molecule has 2 N–H and O–H groups in total. The van der Waals surface area contributed by atoms with Crippen LogP contribution in [-0.2, 0) is 30.7 Å². The van der Waals surface area contributed by atoms with Crippen LogP contribution in [0.3, 0.4) is 0 Å². The van der Waals surface area contributed by atoms with Gasteiger partial charge in [0.1, 0.15) is 20.1 Å². The van der Waals surface area contributed by atoms with E-state index >= 15 is 0 Å². The maximum Gasteiger partial charge on any atom is 0.459 e. The summed E-state index contributed by atoms with van der Waals surface area (Å²) >= 11 is 13.4. The summed E-state index contributed by atoms with van der Waals surface area (Å²) in [5.41, 5.74) is -4.15. The predicted octanol–water partition coefficient (Wildman–Crippen LogP) is 7.87. The molecule has 0 aliphatic heterocycles. The highest BCUT2D eigenvalue weighted by Gasteiger charge is 2.63. The summed E-state index contributed by atoms with van der Waals surface area (Å²) in [6, 6.07) is 2.46. The summed E-state index contributed by atoms with van der Waals surface area (Å²) in [6.45, 7) is -3.76. The van der Waals surface area contributed by atoms with Gasteiger partial charge in [-0.1, -0.05) is 33.6 Å². The number of thiophene rings is 2. The number of esters is 1. The van der Waals surface area contributed by atoms with E-state index in [1.807, 2.05) is 0 Å². The monoisotopic (exact) mass is 950 g/mol. The minimum absolute atomic E-state index is 0.0548. The van der Waals surface area contributed by atoms with E-state index in [9.17, 15) is 67.4 Å². The van der Waals surface area contributed by atoms with E-state index < -0.39 is 77.3 Å². The zero-order valence-corrected chi connectivity index (χ0v) is 32.1. The number of aromatic nitrogens is 10. The van der Waals surface area contributed by atoms with E-state index in [4.69, 9.17) is 28.3 Å². The Morgan fingerprint density at radius 3 is 1.63 bits per heavy atom. The van der Waals surface area contributed by atoms with Crippen molar-refractivity contribution in [2.45, 2.75) is 30.8 Å². The number of ether oxygens (including phenoxy) is 2. The van der Waals surface area contributed by atoms with Crippen LogP contribution in [0, 0.1) is 0 Å². The lowest BCUT2D eigenvalue weighted by Gasteiger charge is -2.18. The highest BCUT2D eigenvalue weighted by molar-refractivity contribution is 7.20. The minimum Gasteiger partial charge on any atom is -0.503 e. The molecular formula is C28H16Cl2F12N10O6S2. The van der Waals surface area contributed by atoms with Crippen molar-refractivity contribution in [3.63, 3.8) is 0 Å². The van der Waals surface area contributed by atoms with Gasteiger partial charge in [0.05, 0.1) is 40.4 Å². The van der Waals surface area contributed by atoms with Crippen LogP contribution in [0.25, 0.3) is 32.8 Å². The van der Waals surface area contributed by atoms with Crippen LogP contribution in [0.4, 0.5) is 52.7 Å². The van der Waals surface area contributed by atoms with Crippen LogP contribution < -0.4 is 4.74 Å². The highest BCUT2D eigenvalue weighted by atomic mass is 35.5. The van der Waals surface area contributed by atoms with Gasteiger partial charge in [-0.15, -0.1) is 32.9 Å². The molecule has 0 fully saturated rings. The number of carbonyl (C=O) groups excluding carboxylic acids is 1. The third-order valence-corrected chi connectivity index (χ3v) is 10.2. The number of aromatic hydroxyl groups is 1. The standard InChI is InChI=1S/C14H7ClF7N5O3S.C14H9ClF5N5O3S/c1-26-10(7(30-12(16)17)8(24-26)13(18,19)14(20,21)22)27-3-5(23-25-27)6-2-4(11(28)29)9(15)31-6;1-24-11(8(26)9(22-24)13(16,17)14(18,19)20)25-4-6(21-23-25)7-3-5(10(15)29-7)12(27)28-2/h2-3,12H,1H3,(H,28,29);3-4,26H,1-2H3. The van der Waals surface area contributed by atoms with E-state index in [0.29, 0.717) is 18.9 Å². The average Bonchev–Trinajstić information content (AvgIpc) is 3.98. The molecule has 16 nitrogen and oxygen atoms in total. The largest absolute Gasteiger partial charge is 0.503 e. The lowest BCUT2D eigenvalue weighted by molar-refractivity contribution is -0.291. The molecule has 6 aromatic rings. The Bertz CT molecular complexity index is 2580. The number of carboxylic acid groups (broad SMARTS) is 1. The number of halogens is 14. The molecule has 0 saturated heterocycles. The SMILES string of the molecule is COC(=O)c1cc(-c2cn(-c3c(O)c(C(F)(F)C(F)(F)F)nn3C)nn2)sc1Cl.Cn1nc(C(F)(F)C(F)(F)F)c(OC(F)F)c1-n1cc(-c2cc(C(=O)O)c(Cl)s2)nn1. The first-order chi connectivity index (χ1) is 27.6. The summed E-state index contributed by atoms with van der Waals surface area (Å²) < 4.78 is 167. The molecule has 324 valence electrons. The maximum atomic E-state index is 13.8. The van der Waals surface area contributed by atoms with Gasteiger partial charge in [0.2, 0.25) is 0 Å². The van der Waals surface area contributed by atoms with E-state index in [0.717, 1.165) is 67.0 Å². The lowest BCUT2D eigenvalue weighted by Crippen LogP contribution is -2.34. The predicted molar refractivity (Wildman–Crippen MR) is 179 cm³/mol. The van der Waals surface area contributed by atoms with Crippen LogP contribution in [0.2, 0.25) is 8.67 Å². The molecule has 6 heterocycles. The summed E-state index contributed by atoms with van der Waals surface area (Å²) in [7, 11) is 3.10. The second-order valence-electron chi connectivity index (χ2n) is 11.3. The van der Waals surface area contributed by atoms with Gasteiger partial charge >= 0.3 is 42.7 Å². The number of hydrogen-bond acceptors (Lipinski definition) is 13. The van der Waals surface area contributed by atoms with Gasteiger partial charge < -0.3 is 19.7 Å². The Hall–Kier alpha value is -5.62. The Kier molecular flexibility index (Phi) is 12.2. The second kappa shape index (κ2) is 16.1. The van der Waals surface area contributed by atoms with Crippen LogP contribution in [0.5, 0.6) is 11.5 Å². The van der Waals surface area contributed by atoms with Crippen molar-refractivity contribution in [3.8, 4) is 44.3 Å². The van der Waals surface area contributed by atoms with Crippen LogP contribution in [-0.4, -0.2) is 97.8 Å². The first-order valence-electron chi connectivity index (χ1n) is 15.1. The zero-order chi connectivity index (χ0) is 45.0. The molecule has 0 unspecified atom stereocenters. The molecule has 0 aliphatic rings. The number of carbonyl (C=O) groups is 2. The van der Waals surface area contributed by atoms with E-state index in [-0.39, 0.29) is 36.1 Å². The van der Waals surface area contributed by atoms with Gasteiger partial charge in [-0.05, 0) is 12.1 Å². The summed E-state index contributed by atoms with van der Waals surface area (Å²) in [6.07, 6.45) is -10.0. The molecule has 0 saturated carbocycles. The normalized spacial score (nSPS) is 12.5. The summed E-state index contributed by atoms with van der Waals surface area (Å²) in [5, 5.41) is 39.6. The second-order valence-corrected chi connectivity index (χ2v) is 14.6. The summed E-state index contributed by atoms with van der Waals surface area (Å²) in [5.74, 6) is -17.4. The molecule has 6 rings (SSSR count). The Balaban J connectivity index is 0.000000228. The molecule has 32 heteroatoms. The quantitative estimate of drug-likeness (QED) is 0.100. The molecule has 6 aromatic heterocycles. The molecule has 0 bridgehead atoms. The van der Waals surface area contributed by atoms with Crippen molar-refractivity contribution in [1.29, 1.82) is 0 Å². The van der Waals surface area contributed by atoms with Gasteiger partial charge in [-0.3, -0.25) is 0 Å². The molecule has 60 heavy (non-hydrogen) atoms. The van der Waals surface area contributed by atoms with E-state index in [1.165, 1.54) is 6.07 Å². The van der Waals surface area contributed by atoms with Gasteiger partial charge in [-0.2, -0.15) is 72.2 Å². The van der Waals surface area contributed by atoms with Gasteiger partial charge in [0.25, 0.3) is 0 Å². The van der Waals surface area contributed by atoms with Crippen LogP contribution >= 0.6 is 45.9 Å². The number of carboxylic acids is 1. The lowest BCUT2D eigenvalue weighted by atomic mass is 10.2. The number of methoxy groups -OCH3 is 1. The van der Waals surface area contributed by atoms with E-state index in [2.05, 4.69) is 40.3 Å². The van der Waals surface area contributed by atoms with Crippen molar-refractivity contribution in [1.82, 2.24) is 49.5 Å². The fourth-order valence-electron chi connectivity index (χ4n) is 4.74. The first kappa shape index (κ1) is 45.5. The Morgan fingerprint density at radius 2 is 1.18 bits per heavy atom. The van der Waals surface area contributed by atoms with Crippen molar-refractivity contribution in [2.24, 2.45) is 14.1 Å². The van der Waals surface area contributed by atoms with Gasteiger partial charge in [0.15, 0.2) is 34.5 Å². The average molecular weight is 952 g/mol. The van der Waals surface area contributed by atoms with Crippen molar-refractivity contribution < 1.29 is 82.0 Å². The van der Waals surface area contributed by atoms with E-state index in [1.54, 1.807) is 0 Å². The first-order valence-corrected chi connectivity index (χ1v) is 17.4. The third kappa shape index (κ3) is 8.39. The Morgan fingerprint density at radius 1 is 0.750 bits per heavy atom. The smallest absolute Gasteiger partial charge is 0.459 e. The number of alkyl halides is 12. The summed E-state index contributed by atoms with van der Waals surface area (Å²) in [4.78, 5) is 23.2. The highest BCUT2D eigenvalue weighted by Crippen LogP contribution is 2.49. The fourth-order valence-corrected chi connectivity index (χ4v) is 7.15. The Labute approximate surface area is 340 Å². The zero-order valence-electron chi connectivity index (χ0n) is 29.0. The molecule has 0 radical (unpaired) electrons. The molecule has 0 aliphatic carbocycles. The van der Waals surface area contributed by atoms with Crippen LogP contribution in [0.1, 0.15) is 32.1 Å². The number of aryl methyl sites for hydroxylation is 2. The van der Waals surface area contributed by atoms with Crippen molar-refractivity contribution in [3.05, 3.63) is 55.7 Å². The molecule has 0 amide bonds. The maximum absolute atomic E-state index is 13.8. The van der Waals surface area contributed by atoms with Crippen LogP contribution in [0.15, 0.2) is 24.5 Å². The van der Waals surface area contributed by atoms with Gasteiger partial charge in [-0.25, -0.2) is 19.0 Å². The third-order valence-electron chi connectivity index (χ3n) is 7.42. The fraction of sp³-hybridized carbons (Fsp3) is 0.286. The molecular weight excluding hydrogens is 935 g/mol. The van der Waals surface area contributed by atoms with Crippen molar-refractivity contribution >= 4 is 57.8 Å². The molecule has 0 spiro atoms.